The number of para-hydroxylation sites is 1. The molecule has 0 unspecified atom stereocenters. The van der Waals surface area contributed by atoms with Gasteiger partial charge in [0.2, 0.25) is 5.91 Å². The van der Waals surface area contributed by atoms with Gasteiger partial charge in [0.15, 0.2) is 0 Å². The van der Waals surface area contributed by atoms with Crippen molar-refractivity contribution >= 4 is 28.9 Å². The molecule has 2 aliphatic heterocycles. The van der Waals surface area contributed by atoms with E-state index in [2.05, 4.69) is 15.1 Å². The number of fused-ring (bicyclic) bond motifs is 4. The first-order valence-corrected chi connectivity index (χ1v) is 8.84. The Kier molecular flexibility index (Phi) is 3.53. The third-order valence-corrected chi connectivity index (χ3v) is 5.18. The number of hydrazone groups is 1. The van der Waals surface area contributed by atoms with Crippen molar-refractivity contribution in [2.45, 2.75) is 19.0 Å². The first kappa shape index (κ1) is 15.7. The molecule has 1 N–H and O–H groups in total. The van der Waals surface area contributed by atoms with E-state index in [-0.39, 0.29) is 18.4 Å². The van der Waals surface area contributed by atoms with Crippen LogP contribution in [-0.4, -0.2) is 50.5 Å². The Hall–Kier alpha value is -3.48. The normalized spacial score (nSPS) is 19.6. The Bertz CT molecular complexity index is 1070. The molecule has 1 fully saturated rings. The van der Waals surface area contributed by atoms with Gasteiger partial charge in [0, 0.05) is 41.0 Å². The second-order valence-corrected chi connectivity index (χ2v) is 6.80. The second-order valence-electron chi connectivity index (χ2n) is 6.80. The number of pyridine rings is 1. The molecule has 4 heterocycles. The Morgan fingerprint density at radius 3 is 2.89 bits per heavy atom. The minimum absolute atomic E-state index is 0.0400. The highest BCUT2D eigenvalue weighted by atomic mass is 16.2. The predicted molar refractivity (Wildman–Crippen MR) is 99.9 cm³/mol. The van der Waals surface area contributed by atoms with Crippen LogP contribution in [0.4, 0.5) is 0 Å². The number of nitrogens with zero attached hydrogens (tertiary/aromatic N) is 4. The third-order valence-electron chi connectivity index (χ3n) is 5.18. The summed E-state index contributed by atoms with van der Waals surface area (Å²) in [5.41, 5.74) is 3.95. The maximum Gasteiger partial charge on any atom is 0.266 e. The van der Waals surface area contributed by atoms with Gasteiger partial charge in [-0.2, -0.15) is 5.10 Å². The molecule has 2 aromatic heterocycles. The molecule has 5 rings (SSSR count). The summed E-state index contributed by atoms with van der Waals surface area (Å²) in [6.07, 6.45) is 5.40. The summed E-state index contributed by atoms with van der Waals surface area (Å²) in [6, 6.07) is 11.2. The lowest BCUT2D eigenvalue weighted by Crippen LogP contribution is -2.60. The number of amides is 2. The van der Waals surface area contributed by atoms with Gasteiger partial charge in [-0.05, 0) is 17.7 Å². The standard InChI is InChI=1S/C20H17N5O2/c26-19-12-25(22-10-13-4-3-7-21-9-13)20(27)18-8-15-14-5-1-2-6-16(14)23-17(15)11-24(18)19/h1-7,9-10,18,23H,8,11-12H2/t18-/m0/s1. The Morgan fingerprint density at radius 1 is 1.15 bits per heavy atom. The number of aromatic amines is 1. The highest BCUT2D eigenvalue weighted by molar-refractivity contribution is 5.97. The van der Waals surface area contributed by atoms with E-state index in [9.17, 15) is 9.59 Å². The quantitative estimate of drug-likeness (QED) is 0.707. The average molecular weight is 359 g/mol. The van der Waals surface area contributed by atoms with Gasteiger partial charge >= 0.3 is 0 Å². The molecule has 2 amide bonds. The van der Waals surface area contributed by atoms with E-state index in [0.29, 0.717) is 13.0 Å². The smallest absolute Gasteiger partial charge is 0.266 e. The molecule has 0 bridgehead atoms. The lowest BCUT2D eigenvalue weighted by Gasteiger charge is -2.40. The fraction of sp³-hybridized carbons (Fsp3) is 0.200. The molecular weight excluding hydrogens is 342 g/mol. The minimum Gasteiger partial charge on any atom is -0.357 e. The number of carbonyl (C=O) groups is 2. The van der Waals surface area contributed by atoms with Gasteiger partial charge in [0.05, 0.1) is 12.8 Å². The number of piperazine rings is 1. The van der Waals surface area contributed by atoms with Gasteiger partial charge in [-0.3, -0.25) is 14.6 Å². The zero-order chi connectivity index (χ0) is 18.4. The maximum absolute atomic E-state index is 13.0. The topological polar surface area (TPSA) is 81.7 Å². The zero-order valence-electron chi connectivity index (χ0n) is 14.5. The van der Waals surface area contributed by atoms with Gasteiger partial charge in [-0.25, -0.2) is 5.01 Å². The molecule has 7 heteroatoms. The van der Waals surface area contributed by atoms with Crippen LogP contribution in [0.25, 0.3) is 10.9 Å². The Balaban J connectivity index is 1.46. The lowest BCUT2D eigenvalue weighted by molar-refractivity contribution is -0.157. The highest BCUT2D eigenvalue weighted by Gasteiger charge is 2.43. The van der Waals surface area contributed by atoms with E-state index in [1.165, 1.54) is 5.01 Å². The highest BCUT2D eigenvalue weighted by Crippen LogP contribution is 2.32. The van der Waals surface area contributed by atoms with Crippen molar-refractivity contribution in [2.75, 3.05) is 6.54 Å². The number of nitrogens with one attached hydrogen (secondary N) is 1. The van der Waals surface area contributed by atoms with Crippen LogP contribution in [-0.2, 0) is 22.6 Å². The molecule has 0 aliphatic carbocycles. The SMILES string of the molecule is O=C1[C@@H]2Cc3c([nH]c4ccccc34)CN2C(=O)CN1N=Cc1cccnc1. The molecule has 1 aromatic carbocycles. The number of benzene rings is 1. The number of H-pyrrole nitrogens is 1. The second kappa shape index (κ2) is 6.05. The Morgan fingerprint density at radius 2 is 2.04 bits per heavy atom. The molecule has 7 nitrogen and oxygen atoms in total. The number of carbonyl (C=O) groups excluding carboxylic acids is 2. The molecule has 3 aromatic rings. The monoisotopic (exact) mass is 359 g/mol. The number of rotatable bonds is 2. The van der Waals surface area contributed by atoms with Gasteiger partial charge < -0.3 is 9.88 Å². The maximum atomic E-state index is 13.0. The fourth-order valence-electron chi connectivity index (χ4n) is 3.85. The molecule has 2 aliphatic rings. The molecule has 27 heavy (non-hydrogen) atoms. The van der Waals surface area contributed by atoms with E-state index in [0.717, 1.165) is 27.7 Å². The van der Waals surface area contributed by atoms with Gasteiger partial charge in [-0.1, -0.05) is 24.3 Å². The van der Waals surface area contributed by atoms with Crippen molar-refractivity contribution < 1.29 is 9.59 Å². The van der Waals surface area contributed by atoms with Crippen molar-refractivity contribution in [2.24, 2.45) is 5.10 Å². The summed E-state index contributed by atoms with van der Waals surface area (Å²) >= 11 is 0. The molecule has 0 radical (unpaired) electrons. The first-order valence-electron chi connectivity index (χ1n) is 8.84. The summed E-state index contributed by atoms with van der Waals surface area (Å²) in [5, 5.41) is 6.63. The van der Waals surface area contributed by atoms with Crippen LogP contribution < -0.4 is 0 Å². The Labute approximate surface area is 155 Å². The van der Waals surface area contributed by atoms with Crippen LogP contribution in [0.3, 0.4) is 0 Å². The van der Waals surface area contributed by atoms with Crippen molar-refractivity contribution in [3.63, 3.8) is 0 Å². The average Bonchev–Trinajstić information content (AvgIpc) is 3.07. The lowest BCUT2D eigenvalue weighted by atomic mass is 9.94. The van der Waals surface area contributed by atoms with Crippen LogP contribution in [0.15, 0.2) is 53.9 Å². The summed E-state index contributed by atoms with van der Waals surface area (Å²) in [7, 11) is 0. The number of hydrogen-bond acceptors (Lipinski definition) is 4. The molecular formula is C20H17N5O2. The molecule has 0 saturated carbocycles. The van der Waals surface area contributed by atoms with E-state index >= 15 is 0 Å². The van der Waals surface area contributed by atoms with E-state index in [4.69, 9.17) is 0 Å². The molecule has 0 spiro atoms. The van der Waals surface area contributed by atoms with E-state index in [1.54, 1.807) is 29.6 Å². The van der Waals surface area contributed by atoms with Crippen LogP contribution in [0.5, 0.6) is 0 Å². The first-order chi connectivity index (χ1) is 13.2. The van der Waals surface area contributed by atoms with Crippen LogP contribution in [0.2, 0.25) is 0 Å². The van der Waals surface area contributed by atoms with Gasteiger partial charge in [0.25, 0.3) is 5.91 Å². The van der Waals surface area contributed by atoms with Crippen molar-refractivity contribution in [1.29, 1.82) is 0 Å². The summed E-state index contributed by atoms with van der Waals surface area (Å²) < 4.78 is 0. The minimum atomic E-state index is -0.510. The van der Waals surface area contributed by atoms with E-state index in [1.807, 2.05) is 30.3 Å². The summed E-state index contributed by atoms with van der Waals surface area (Å²) in [5.74, 6) is -0.238. The third kappa shape index (κ3) is 2.59. The van der Waals surface area contributed by atoms with Crippen molar-refractivity contribution in [3.8, 4) is 0 Å². The molecule has 1 saturated heterocycles. The zero-order valence-corrected chi connectivity index (χ0v) is 14.5. The molecule has 134 valence electrons. The fourth-order valence-corrected chi connectivity index (χ4v) is 3.85. The summed E-state index contributed by atoms with van der Waals surface area (Å²) in [6.45, 7) is 0.390. The number of hydrogen-bond donors (Lipinski definition) is 1. The predicted octanol–water partition coefficient (Wildman–Crippen LogP) is 1.69. The molecule has 1 atom stereocenters. The summed E-state index contributed by atoms with van der Waals surface area (Å²) in [4.78, 5) is 34.7. The van der Waals surface area contributed by atoms with Crippen LogP contribution in [0, 0.1) is 0 Å². The van der Waals surface area contributed by atoms with Crippen LogP contribution >= 0.6 is 0 Å². The van der Waals surface area contributed by atoms with Crippen LogP contribution in [0.1, 0.15) is 16.8 Å². The van der Waals surface area contributed by atoms with Gasteiger partial charge in [0.1, 0.15) is 12.6 Å². The van der Waals surface area contributed by atoms with Gasteiger partial charge in [-0.15, -0.1) is 0 Å². The largest absolute Gasteiger partial charge is 0.357 e. The van der Waals surface area contributed by atoms with Crippen molar-refractivity contribution in [3.05, 3.63) is 65.6 Å². The van der Waals surface area contributed by atoms with Crippen molar-refractivity contribution in [1.82, 2.24) is 19.9 Å². The van der Waals surface area contributed by atoms with E-state index < -0.39 is 6.04 Å². The number of aromatic nitrogens is 2.